The maximum atomic E-state index is 12.5. The second kappa shape index (κ2) is 12.3. The molecule has 1 aromatic carbocycles. The smallest absolute Gasteiger partial charge is 0.430 e. The summed E-state index contributed by atoms with van der Waals surface area (Å²) in [5.41, 5.74) is 2.11. The van der Waals surface area contributed by atoms with Crippen molar-refractivity contribution in [3.05, 3.63) is 46.0 Å². The Labute approximate surface area is 253 Å². The summed E-state index contributed by atoms with van der Waals surface area (Å²) in [5, 5.41) is 10.9. The maximum absolute atomic E-state index is 12.5. The van der Waals surface area contributed by atoms with Crippen LogP contribution in [0.1, 0.15) is 112 Å². The molecule has 6 nitrogen and oxygen atoms in total. The van der Waals surface area contributed by atoms with Gasteiger partial charge in [0.15, 0.2) is 0 Å². The summed E-state index contributed by atoms with van der Waals surface area (Å²) >= 11 is 0. The van der Waals surface area contributed by atoms with Crippen molar-refractivity contribution in [2.45, 2.75) is 118 Å². The number of hydrogen-bond donors (Lipinski definition) is 0. The zero-order chi connectivity index (χ0) is 30.2. The van der Waals surface area contributed by atoms with Gasteiger partial charge in [-0.2, -0.15) is 0 Å². The minimum Gasteiger partial charge on any atom is -0.430 e. The lowest BCUT2D eigenvalue weighted by Crippen LogP contribution is -2.51. The summed E-state index contributed by atoms with van der Waals surface area (Å²) in [6, 6.07) is 5.52. The maximum Gasteiger partial charge on any atom is 0.514 e. The molecule has 4 aliphatic carbocycles. The lowest BCUT2D eigenvalue weighted by Gasteiger charge is -2.58. The van der Waals surface area contributed by atoms with E-state index in [0.717, 1.165) is 60.7 Å². The largest absolute Gasteiger partial charge is 0.514 e. The highest BCUT2D eigenvalue weighted by atomic mass is 16.7. The van der Waals surface area contributed by atoms with Gasteiger partial charge in [0.2, 0.25) is 0 Å². The average Bonchev–Trinajstić information content (AvgIpc) is 3.31. The standard InChI is InChI=1S/C36H53NO5/c1-7-25(23(2)3)9-8-24(4)31-16-17-32-30-15-10-26-22-29(18-20-35(26,5)33(30)19-21-36(31,32)6)42-34(38)41-28-13-11-27(12-14-28)37(39)40/h10-14,23-25,29-33H,7-9,15-22H2,1-6H3/t24-,25-,29+,30+,31?,32?,33?,35+,36-/m1/s1. The fourth-order valence-electron chi connectivity index (χ4n) is 10.3. The molecule has 3 fully saturated rings. The molecule has 4 aliphatic rings. The monoisotopic (exact) mass is 579 g/mol. The molecule has 1 aromatic rings. The molecule has 42 heavy (non-hydrogen) atoms. The number of nitro groups is 1. The Hall–Kier alpha value is -2.37. The van der Waals surface area contributed by atoms with Crippen LogP contribution in [0.3, 0.4) is 0 Å². The molecule has 0 N–H and O–H groups in total. The Morgan fingerprint density at radius 1 is 1.02 bits per heavy atom. The van der Waals surface area contributed by atoms with Crippen LogP contribution in [0, 0.1) is 62.4 Å². The van der Waals surface area contributed by atoms with Gasteiger partial charge >= 0.3 is 6.16 Å². The topological polar surface area (TPSA) is 78.7 Å². The number of fused-ring (bicyclic) bond motifs is 5. The lowest BCUT2D eigenvalue weighted by atomic mass is 9.47. The first-order valence-electron chi connectivity index (χ1n) is 16.8. The Morgan fingerprint density at radius 2 is 1.76 bits per heavy atom. The number of carbonyl (C=O) groups is 1. The van der Waals surface area contributed by atoms with E-state index < -0.39 is 11.1 Å². The summed E-state index contributed by atoms with van der Waals surface area (Å²) in [6.45, 7) is 14.9. The molecular weight excluding hydrogens is 526 g/mol. The van der Waals surface area contributed by atoms with Crippen molar-refractivity contribution in [3.8, 4) is 5.75 Å². The number of carbonyl (C=O) groups excluding carboxylic acids is 1. The number of ether oxygens (including phenoxy) is 2. The van der Waals surface area contributed by atoms with Gasteiger partial charge in [-0.15, -0.1) is 0 Å². The Bertz CT molecular complexity index is 1160. The number of benzene rings is 1. The highest BCUT2D eigenvalue weighted by molar-refractivity contribution is 5.64. The summed E-state index contributed by atoms with van der Waals surface area (Å²) in [6.07, 6.45) is 15.0. The molecule has 3 saturated carbocycles. The number of rotatable bonds is 9. The minimum atomic E-state index is -0.732. The van der Waals surface area contributed by atoms with Gasteiger partial charge in [-0.05, 0) is 116 Å². The van der Waals surface area contributed by atoms with Crippen LogP contribution in [-0.2, 0) is 4.74 Å². The molecule has 0 bridgehead atoms. The minimum absolute atomic E-state index is 0.0396. The van der Waals surface area contributed by atoms with E-state index in [-0.39, 0.29) is 23.0 Å². The first-order valence-corrected chi connectivity index (χ1v) is 16.8. The first-order chi connectivity index (χ1) is 20.0. The van der Waals surface area contributed by atoms with Crippen LogP contribution in [0.15, 0.2) is 35.9 Å². The number of allylic oxidation sites excluding steroid dienone is 1. The van der Waals surface area contributed by atoms with Crippen LogP contribution in [-0.4, -0.2) is 17.2 Å². The van der Waals surface area contributed by atoms with Crippen LogP contribution < -0.4 is 4.74 Å². The molecule has 0 heterocycles. The van der Waals surface area contributed by atoms with Gasteiger partial charge in [0, 0.05) is 18.6 Å². The second-order valence-electron chi connectivity index (χ2n) is 15.0. The molecule has 0 spiro atoms. The molecule has 9 atom stereocenters. The third-order valence-corrected chi connectivity index (χ3v) is 12.8. The SMILES string of the molecule is CC[C@H](CC[C@@H](C)C1CCC2[C@@H]3CC=C4C[C@@H](OC(=O)Oc5ccc([N+](=O)[O-])cc5)CC[C@]4(C)C3CC[C@@]21C)C(C)C. The fourth-order valence-corrected chi connectivity index (χ4v) is 10.3. The Kier molecular flexibility index (Phi) is 9.11. The second-order valence-corrected chi connectivity index (χ2v) is 15.0. The van der Waals surface area contributed by atoms with Gasteiger partial charge in [-0.1, -0.05) is 66.0 Å². The average molecular weight is 580 g/mol. The van der Waals surface area contributed by atoms with E-state index in [1.165, 1.54) is 81.2 Å². The first kappa shape index (κ1) is 31.1. The molecule has 0 radical (unpaired) electrons. The molecule has 5 rings (SSSR count). The normalized spacial score (nSPS) is 35.3. The van der Waals surface area contributed by atoms with Crippen LogP contribution in [0.25, 0.3) is 0 Å². The molecule has 232 valence electrons. The van der Waals surface area contributed by atoms with E-state index in [9.17, 15) is 14.9 Å². The van der Waals surface area contributed by atoms with Crippen LogP contribution >= 0.6 is 0 Å². The van der Waals surface area contributed by atoms with Crippen molar-refractivity contribution in [3.63, 3.8) is 0 Å². The van der Waals surface area contributed by atoms with Crippen molar-refractivity contribution in [1.82, 2.24) is 0 Å². The van der Waals surface area contributed by atoms with E-state index in [1.54, 1.807) is 0 Å². The van der Waals surface area contributed by atoms with Crippen molar-refractivity contribution >= 4 is 11.8 Å². The third-order valence-electron chi connectivity index (χ3n) is 12.8. The van der Waals surface area contributed by atoms with Crippen molar-refractivity contribution in [1.29, 1.82) is 0 Å². The molecule has 0 aliphatic heterocycles. The number of non-ortho nitro benzene ring substituents is 1. The highest BCUT2D eigenvalue weighted by Crippen LogP contribution is 2.67. The van der Waals surface area contributed by atoms with E-state index in [1.807, 2.05) is 0 Å². The number of nitrogens with zero attached hydrogens (tertiary/aromatic N) is 1. The van der Waals surface area contributed by atoms with Gasteiger partial charge < -0.3 is 9.47 Å². The van der Waals surface area contributed by atoms with Gasteiger partial charge in [0.25, 0.3) is 5.69 Å². The van der Waals surface area contributed by atoms with E-state index in [4.69, 9.17) is 9.47 Å². The lowest BCUT2D eigenvalue weighted by molar-refractivity contribution is -0.384. The van der Waals surface area contributed by atoms with Crippen molar-refractivity contribution in [2.75, 3.05) is 0 Å². The fraction of sp³-hybridized carbons (Fsp3) is 0.750. The van der Waals surface area contributed by atoms with Gasteiger partial charge in [-0.3, -0.25) is 10.1 Å². The van der Waals surface area contributed by atoms with Crippen LogP contribution in [0.2, 0.25) is 0 Å². The summed E-state index contributed by atoms with van der Waals surface area (Å²) < 4.78 is 11.1. The van der Waals surface area contributed by atoms with Crippen LogP contribution in [0.4, 0.5) is 10.5 Å². The summed E-state index contributed by atoms with van der Waals surface area (Å²) in [7, 11) is 0. The highest BCUT2D eigenvalue weighted by Gasteiger charge is 2.59. The molecular formula is C36H53NO5. The van der Waals surface area contributed by atoms with E-state index in [0.29, 0.717) is 5.41 Å². The third kappa shape index (κ3) is 5.88. The van der Waals surface area contributed by atoms with E-state index >= 15 is 0 Å². The van der Waals surface area contributed by atoms with Gasteiger partial charge in [0.05, 0.1) is 4.92 Å². The van der Waals surface area contributed by atoms with Gasteiger partial charge in [-0.25, -0.2) is 4.79 Å². The molecule has 0 amide bonds. The molecule has 0 saturated heterocycles. The predicted octanol–water partition coefficient (Wildman–Crippen LogP) is 10.2. The van der Waals surface area contributed by atoms with Crippen molar-refractivity contribution < 1.29 is 19.2 Å². The summed E-state index contributed by atoms with van der Waals surface area (Å²) in [4.78, 5) is 23.0. The van der Waals surface area contributed by atoms with E-state index in [2.05, 4.69) is 47.6 Å². The number of nitro benzene ring substituents is 1. The van der Waals surface area contributed by atoms with Gasteiger partial charge in [0.1, 0.15) is 11.9 Å². The summed E-state index contributed by atoms with van der Waals surface area (Å²) in [5.74, 6) is 5.90. The molecule has 0 aromatic heterocycles. The van der Waals surface area contributed by atoms with Crippen molar-refractivity contribution in [2.24, 2.45) is 52.3 Å². The zero-order valence-corrected chi connectivity index (χ0v) is 26.8. The quantitative estimate of drug-likeness (QED) is 0.0956. The Morgan fingerprint density at radius 3 is 2.43 bits per heavy atom. The Balaban J connectivity index is 1.20. The van der Waals surface area contributed by atoms with Crippen LogP contribution in [0.5, 0.6) is 5.75 Å². The predicted molar refractivity (Wildman–Crippen MR) is 166 cm³/mol. The zero-order valence-electron chi connectivity index (χ0n) is 26.8. The number of hydrogen-bond acceptors (Lipinski definition) is 5. The molecule has 6 heteroatoms. The molecule has 3 unspecified atom stereocenters.